The third-order valence-electron chi connectivity index (χ3n) is 4.06. The van der Waals surface area contributed by atoms with E-state index in [4.69, 9.17) is 4.74 Å². The van der Waals surface area contributed by atoms with E-state index in [1.54, 1.807) is 37.4 Å². The van der Waals surface area contributed by atoms with E-state index in [-0.39, 0.29) is 5.91 Å². The van der Waals surface area contributed by atoms with E-state index < -0.39 is 5.97 Å². The summed E-state index contributed by atoms with van der Waals surface area (Å²) in [6.07, 6.45) is 0. The molecule has 0 saturated carbocycles. The van der Waals surface area contributed by atoms with Crippen LogP contribution in [0.15, 0.2) is 30.3 Å². The first-order chi connectivity index (χ1) is 10.9. The molecule has 0 aliphatic heterocycles. The van der Waals surface area contributed by atoms with Gasteiger partial charge in [-0.3, -0.25) is 4.79 Å². The van der Waals surface area contributed by atoms with Crippen molar-refractivity contribution in [3.05, 3.63) is 52.8 Å². The lowest BCUT2D eigenvalue weighted by Gasteiger charge is -2.18. The molecule has 1 aromatic carbocycles. The van der Waals surface area contributed by atoms with Gasteiger partial charge < -0.3 is 14.2 Å². The number of anilines is 1. The van der Waals surface area contributed by atoms with Crippen molar-refractivity contribution in [3.63, 3.8) is 0 Å². The Bertz CT molecular complexity index is 732. The molecule has 1 aromatic heterocycles. The number of benzene rings is 1. The number of para-hydroxylation sites is 1. The van der Waals surface area contributed by atoms with Gasteiger partial charge in [0.05, 0.1) is 12.2 Å². The zero-order valence-corrected chi connectivity index (χ0v) is 14.2. The minimum Gasteiger partial charge on any atom is -0.461 e. The summed E-state index contributed by atoms with van der Waals surface area (Å²) in [6, 6.07) is 9.41. The standard InChI is InChI=1S/C18H22N2O3/c1-6-23-18(22)16-12(2)15(13(3)19(16)4)17(21)20(5)14-10-8-7-9-11-14/h7-11H,6H2,1-5H3. The number of nitrogens with zero attached hydrogens (tertiary/aromatic N) is 2. The Morgan fingerprint density at radius 2 is 1.78 bits per heavy atom. The molecule has 23 heavy (non-hydrogen) atoms. The number of aromatic nitrogens is 1. The first kappa shape index (κ1) is 16.8. The molecule has 5 nitrogen and oxygen atoms in total. The number of ether oxygens (including phenoxy) is 1. The van der Waals surface area contributed by atoms with Crippen LogP contribution in [0.4, 0.5) is 5.69 Å². The molecule has 2 aromatic rings. The third kappa shape index (κ3) is 2.99. The quantitative estimate of drug-likeness (QED) is 0.815. The molecular weight excluding hydrogens is 292 g/mol. The fourth-order valence-electron chi connectivity index (χ4n) is 2.72. The van der Waals surface area contributed by atoms with Crippen molar-refractivity contribution < 1.29 is 14.3 Å². The number of carbonyl (C=O) groups is 2. The number of carbonyl (C=O) groups excluding carboxylic acids is 2. The van der Waals surface area contributed by atoms with Gasteiger partial charge in [-0.2, -0.15) is 0 Å². The van der Waals surface area contributed by atoms with E-state index >= 15 is 0 Å². The molecule has 122 valence electrons. The number of amides is 1. The van der Waals surface area contributed by atoms with Crippen molar-refractivity contribution in [2.45, 2.75) is 20.8 Å². The Labute approximate surface area is 136 Å². The highest BCUT2D eigenvalue weighted by atomic mass is 16.5. The number of esters is 1. The maximum Gasteiger partial charge on any atom is 0.355 e. The molecule has 0 N–H and O–H groups in total. The van der Waals surface area contributed by atoms with Gasteiger partial charge in [-0.1, -0.05) is 18.2 Å². The molecule has 0 saturated heterocycles. The summed E-state index contributed by atoms with van der Waals surface area (Å²) < 4.78 is 6.82. The van der Waals surface area contributed by atoms with Gasteiger partial charge >= 0.3 is 5.97 Å². The van der Waals surface area contributed by atoms with Gasteiger partial charge in [-0.05, 0) is 38.5 Å². The Morgan fingerprint density at radius 1 is 1.17 bits per heavy atom. The van der Waals surface area contributed by atoms with Crippen molar-refractivity contribution >= 4 is 17.6 Å². The van der Waals surface area contributed by atoms with Crippen molar-refractivity contribution in [2.24, 2.45) is 7.05 Å². The monoisotopic (exact) mass is 314 g/mol. The highest BCUT2D eigenvalue weighted by Gasteiger charge is 2.27. The Balaban J connectivity index is 2.46. The largest absolute Gasteiger partial charge is 0.461 e. The second-order valence-electron chi connectivity index (χ2n) is 5.41. The molecular formula is C18H22N2O3. The Hall–Kier alpha value is -2.56. The van der Waals surface area contributed by atoms with E-state index in [1.807, 2.05) is 37.3 Å². The minimum atomic E-state index is -0.406. The maximum absolute atomic E-state index is 12.9. The van der Waals surface area contributed by atoms with Crippen molar-refractivity contribution in [1.29, 1.82) is 0 Å². The van der Waals surface area contributed by atoms with E-state index in [2.05, 4.69) is 0 Å². The van der Waals surface area contributed by atoms with Crippen LogP contribution in [0.5, 0.6) is 0 Å². The van der Waals surface area contributed by atoms with Crippen LogP contribution >= 0.6 is 0 Å². The lowest BCUT2D eigenvalue weighted by molar-refractivity contribution is 0.0514. The van der Waals surface area contributed by atoms with Crippen molar-refractivity contribution in [2.75, 3.05) is 18.6 Å². The van der Waals surface area contributed by atoms with Crippen LogP contribution in [-0.2, 0) is 11.8 Å². The average molecular weight is 314 g/mol. The summed E-state index contributed by atoms with van der Waals surface area (Å²) in [7, 11) is 3.50. The Kier molecular flexibility index (Phi) is 4.89. The predicted molar refractivity (Wildman–Crippen MR) is 90.0 cm³/mol. The van der Waals surface area contributed by atoms with Gasteiger partial charge in [0, 0.05) is 25.5 Å². The SMILES string of the molecule is CCOC(=O)c1c(C)c(C(=O)N(C)c2ccccc2)c(C)n1C. The molecule has 0 unspecified atom stereocenters. The van der Waals surface area contributed by atoms with Gasteiger partial charge in [-0.25, -0.2) is 4.79 Å². The topological polar surface area (TPSA) is 51.5 Å². The second kappa shape index (κ2) is 6.69. The van der Waals surface area contributed by atoms with E-state index in [1.165, 1.54) is 0 Å². The molecule has 0 spiro atoms. The van der Waals surface area contributed by atoms with Crippen molar-refractivity contribution in [3.8, 4) is 0 Å². The highest BCUT2D eigenvalue weighted by molar-refractivity contribution is 6.09. The van der Waals surface area contributed by atoms with E-state index in [0.717, 1.165) is 11.4 Å². The summed E-state index contributed by atoms with van der Waals surface area (Å²) >= 11 is 0. The van der Waals surface area contributed by atoms with E-state index in [0.29, 0.717) is 23.4 Å². The molecule has 0 aliphatic carbocycles. The molecule has 0 radical (unpaired) electrons. The van der Waals surface area contributed by atoms with Gasteiger partial charge in [0.2, 0.25) is 0 Å². The minimum absolute atomic E-state index is 0.141. The average Bonchev–Trinajstić information content (AvgIpc) is 2.77. The number of hydrogen-bond donors (Lipinski definition) is 0. The van der Waals surface area contributed by atoms with Crippen LogP contribution < -0.4 is 4.90 Å². The molecule has 0 fully saturated rings. The van der Waals surface area contributed by atoms with Gasteiger partial charge in [0.25, 0.3) is 5.91 Å². The molecule has 0 bridgehead atoms. The summed E-state index contributed by atoms with van der Waals surface area (Å²) in [4.78, 5) is 26.6. The molecule has 1 heterocycles. The molecule has 5 heteroatoms. The Morgan fingerprint density at radius 3 is 2.35 bits per heavy atom. The zero-order chi connectivity index (χ0) is 17.1. The normalized spacial score (nSPS) is 10.5. The fraction of sp³-hybridized carbons (Fsp3) is 0.333. The zero-order valence-electron chi connectivity index (χ0n) is 14.2. The molecule has 1 amide bonds. The second-order valence-corrected chi connectivity index (χ2v) is 5.41. The predicted octanol–water partition coefficient (Wildman–Crippen LogP) is 3.10. The van der Waals surface area contributed by atoms with Crippen LogP contribution in [0.1, 0.15) is 39.0 Å². The summed E-state index contributed by atoms with van der Waals surface area (Å²) in [5.74, 6) is -0.547. The lowest BCUT2D eigenvalue weighted by atomic mass is 10.1. The smallest absolute Gasteiger partial charge is 0.355 e. The maximum atomic E-state index is 12.9. The summed E-state index contributed by atoms with van der Waals surface area (Å²) in [5, 5.41) is 0. The van der Waals surface area contributed by atoms with Crippen LogP contribution in [0.3, 0.4) is 0 Å². The van der Waals surface area contributed by atoms with Crippen LogP contribution in [0, 0.1) is 13.8 Å². The van der Waals surface area contributed by atoms with Crippen LogP contribution in [-0.4, -0.2) is 30.1 Å². The lowest BCUT2D eigenvalue weighted by Crippen LogP contribution is -2.27. The van der Waals surface area contributed by atoms with Crippen LogP contribution in [0.2, 0.25) is 0 Å². The molecule has 0 aliphatic rings. The molecule has 0 atom stereocenters. The van der Waals surface area contributed by atoms with E-state index in [9.17, 15) is 9.59 Å². The van der Waals surface area contributed by atoms with Gasteiger partial charge in [0.1, 0.15) is 5.69 Å². The fourth-order valence-corrected chi connectivity index (χ4v) is 2.72. The first-order valence-electron chi connectivity index (χ1n) is 7.56. The van der Waals surface area contributed by atoms with Crippen molar-refractivity contribution in [1.82, 2.24) is 4.57 Å². The number of hydrogen-bond acceptors (Lipinski definition) is 3. The first-order valence-corrected chi connectivity index (χ1v) is 7.56. The number of rotatable bonds is 4. The molecule has 2 rings (SSSR count). The van der Waals surface area contributed by atoms with Gasteiger partial charge in [-0.15, -0.1) is 0 Å². The summed E-state index contributed by atoms with van der Waals surface area (Å²) in [6.45, 7) is 5.68. The third-order valence-corrected chi connectivity index (χ3v) is 4.06. The summed E-state index contributed by atoms with van der Waals surface area (Å²) in [5.41, 5.74) is 3.17. The van der Waals surface area contributed by atoms with Crippen LogP contribution in [0.25, 0.3) is 0 Å². The highest BCUT2D eigenvalue weighted by Crippen LogP contribution is 2.25. The van der Waals surface area contributed by atoms with Gasteiger partial charge in [0.15, 0.2) is 0 Å².